The van der Waals surface area contributed by atoms with Crippen molar-refractivity contribution < 1.29 is 9.53 Å². The van der Waals surface area contributed by atoms with Crippen molar-refractivity contribution in [1.29, 1.82) is 0 Å². The van der Waals surface area contributed by atoms with E-state index in [0.717, 1.165) is 33.0 Å². The Bertz CT molecular complexity index is 1240. The van der Waals surface area contributed by atoms with Gasteiger partial charge in [0.1, 0.15) is 12.4 Å². The van der Waals surface area contributed by atoms with Gasteiger partial charge in [0.2, 0.25) is 0 Å². The minimum atomic E-state index is -0.251. The monoisotopic (exact) mass is 395 g/mol. The van der Waals surface area contributed by atoms with Crippen LogP contribution in [-0.2, 0) is 6.54 Å². The summed E-state index contributed by atoms with van der Waals surface area (Å²) < 4.78 is 5.63. The molecular formula is C25H21N3O2. The molecule has 148 valence electrons. The summed E-state index contributed by atoms with van der Waals surface area (Å²) in [7, 11) is 0. The van der Waals surface area contributed by atoms with Crippen LogP contribution in [0, 0.1) is 11.8 Å². The zero-order chi connectivity index (χ0) is 20.6. The first-order chi connectivity index (χ1) is 14.8. The normalized spacial score (nSPS) is 10.3. The summed E-state index contributed by atoms with van der Waals surface area (Å²) in [4.78, 5) is 16.3. The number of aromatic nitrogens is 1. The lowest BCUT2D eigenvalue weighted by molar-refractivity contribution is 0.241. The number of carbonyl (C=O) groups excluding carboxylic acids is 1. The zero-order valence-electron chi connectivity index (χ0n) is 16.4. The highest BCUT2D eigenvalue weighted by molar-refractivity contribution is 5.86. The van der Waals surface area contributed by atoms with Gasteiger partial charge in [-0.3, -0.25) is 4.98 Å². The van der Waals surface area contributed by atoms with E-state index < -0.39 is 0 Å². The van der Waals surface area contributed by atoms with Gasteiger partial charge < -0.3 is 15.4 Å². The second kappa shape index (κ2) is 9.44. The standard InChI is InChI=1S/C25H21N3O2/c29-25(28-18-21-9-5-8-19-7-1-2-11-23(19)21)27-14-3-4-16-30-22-13-12-20-10-6-15-26-24(20)17-22/h1-2,5-13,15,17H,14,16,18H2,(H2,27,28,29). The Morgan fingerprint density at radius 2 is 1.77 bits per heavy atom. The van der Waals surface area contributed by atoms with E-state index >= 15 is 0 Å². The third-order valence-electron chi connectivity index (χ3n) is 4.67. The van der Waals surface area contributed by atoms with Crippen LogP contribution in [0.1, 0.15) is 5.56 Å². The number of rotatable bonds is 5. The van der Waals surface area contributed by atoms with E-state index in [0.29, 0.717) is 6.54 Å². The molecule has 3 aromatic carbocycles. The maximum atomic E-state index is 12.0. The molecule has 30 heavy (non-hydrogen) atoms. The fourth-order valence-electron chi connectivity index (χ4n) is 3.18. The average Bonchev–Trinajstić information content (AvgIpc) is 2.79. The first-order valence-corrected chi connectivity index (χ1v) is 9.71. The Labute approximate surface area is 175 Å². The number of pyridine rings is 1. The molecule has 0 aliphatic rings. The topological polar surface area (TPSA) is 63.2 Å². The molecule has 0 atom stereocenters. The Morgan fingerprint density at radius 1 is 0.900 bits per heavy atom. The fraction of sp³-hybridized carbons (Fsp3) is 0.120. The van der Waals surface area contributed by atoms with E-state index in [1.807, 2.05) is 54.6 Å². The van der Waals surface area contributed by atoms with Gasteiger partial charge in [0.25, 0.3) is 0 Å². The quantitative estimate of drug-likeness (QED) is 0.496. The van der Waals surface area contributed by atoms with E-state index in [2.05, 4.69) is 45.7 Å². The number of benzene rings is 3. The molecule has 5 heteroatoms. The number of hydrogen-bond acceptors (Lipinski definition) is 3. The van der Waals surface area contributed by atoms with Crippen LogP contribution >= 0.6 is 0 Å². The van der Waals surface area contributed by atoms with Crippen molar-refractivity contribution in [2.24, 2.45) is 0 Å². The number of carbonyl (C=O) groups is 1. The van der Waals surface area contributed by atoms with Gasteiger partial charge in [-0.05, 0) is 34.5 Å². The van der Waals surface area contributed by atoms with Crippen LogP contribution in [0.5, 0.6) is 5.75 Å². The third kappa shape index (κ3) is 4.86. The summed E-state index contributed by atoms with van der Waals surface area (Å²) in [5.41, 5.74) is 1.96. The van der Waals surface area contributed by atoms with Crippen molar-refractivity contribution in [2.75, 3.05) is 13.2 Å². The number of urea groups is 1. The van der Waals surface area contributed by atoms with Crippen LogP contribution in [0.15, 0.2) is 79.0 Å². The van der Waals surface area contributed by atoms with E-state index in [1.165, 1.54) is 0 Å². The molecule has 0 bridgehead atoms. The summed E-state index contributed by atoms with van der Waals surface area (Å²) in [5.74, 6) is 6.51. The van der Waals surface area contributed by atoms with Gasteiger partial charge in [-0.25, -0.2) is 4.79 Å². The van der Waals surface area contributed by atoms with Gasteiger partial charge in [0.05, 0.1) is 12.1 Å². The molecule has 0 spiro atoms. The molecule has 0 aliphatic carbocycles. The zero-order valence-corrected chi connectivity index (χ0v) is 16.4. The van der Waals surface area contributed by atoms with Gasteiger partial charge in [-0.1, -0.05) is 60.4 Å². The Hall–Kier alpha value is -4.04. The molecular weight excluding hydrogens is 374 g/mol. The molecule has 0 unspecified atom stereocenters. The number of nitrogens with one attached hydrogen (secondary N) is 2. The average molecular weight is 395 g/mol. The maximum absolute atomic E-state index is 12.0. The molecule has 4 rings (SSSR count). The molecule has 1 heterocycles. The van der Waals surface area contributed by atoms with E-state index in [4.69, 9.17) is 4.74 Å². The lowest BCUT2D eigenvalue weighted by Gasteiger charge is -2.08. The van der Waals surface area contributed by atoms with Crippen LogP contribution in [0.4, 0.5) is 4.79 Å². The number of nitrogens with zero attached hydrogens (tertiary/aromatic N) is 1. The first-order valence-electron chi connectivity index (χ1n) is 9.71. The smallest absolute Gasteiger partial charge is 0.315 e. The molecule has 0 radical (unpaired) electrons. The second-order valence-corrected chi connectivity index (χ2v) is 6.67. The Kier molecular flexibility index (Phi) is 6.07. The number of amides is 2. The van der Waals surface area contributed by atoms with Gasteiger partial charge >= 0.3 is 6.03 Å². The molecule has 2 N–H and O–H groups in total. The number of ether oxygens (including phenoxy) is 1. The Balaban J connectivity index is 1.21. The minimum Gasteiger partial charge on any atom is -0.481 e. The van der Waals surface area contributed by atoms with Crippen LogP contribution in [0.2, 0.25) is 0 Å². The SMILES string of the molecule is O=C(NCC#CCOc1ccc2cccnc2c1)NCc1cccc2ccccc12. The molecule has 5 nitrogen and oxygen atoms in total. The van der Waals surface area contributed by atoms with Crippen molar-refractivity contribution in [3.05, 3.63) is 84.6 Å². The highest BCUT2D eigenvalue weighted by Gasteiger charge is 2.02. The van der Waals surface area contributed by atoms with Crippen molar-refractivity contribution in [3.63, 3.8) is 0 Å². The van der Waals surface area contributed by atoms with E-state index in [-0.39, 0.29) is 19.2 Å². The predicted molar refractivity (Wildman–Crippen MR) is 119 cm³/mol. The minimum absolute atomic E-state index is 0.248. The second-order valence-electron chi connectivity index (χ2n) is 6.67. The fourth-order valence-corrected chi connectivity index (χ4v) is 3.18. The van der Waals surface area contributed by atoms with Crippen LogP contribution in [0.3, 0.4) is 0 Å². The van der Waals surface area contributed by atoms with Crippen molar-refractivity contribution in [3.8, 4) is 17.6 Å². The van der Waals surface area contributed by atoms with Gasteiger partial charge in [0.15, 0.2) is 0 Å². The maximum Gasteiger partial charge on any atom is 0.315 e. The van der Waals surface area contributed by atoms with Crippen LogP contribution < -0.4 is 15.4 Å². The molecule has 0 aliphatic heterocycles. The molecule has 4 aromatic rings. The van der Waals surface area contributed by atoms with Gasteiger partial charge in [-0.2, -0.15) is 0 Å². The van der Waals surface area contributed by atoms with Crippen LogP contribution in [0.25, 0.3) is 21.7 Å². The van der Waals surface area contributed by atoms with Gasteiger partial charge in [-0.15, -0.1) is 0 Å². The highest BCUT2D eigenvalue weighted by atomic mass is 16.5. The molecule has 1 aromatic heterocycles. The third-order valence-corrected chi connectivity index (χ3v) is 4.67. The molecule has 0 fully saturated rings. The highest BCUT2D eigenvalue weighted by Crippen LogP contribution is 2.19. The largest absolute Gasteiger partial charge is 0.481 e. The summed E-state index contributed by atoms with van der Waals surface area (Å²) in [6.45, 7) is 0.960. The van der Waals surface area contributed by atoms with Crippen molar-refractivity contribution >= 4 is 27.7 Å². The summed E-state index contributed by atoms with van der Waals surface area (Å²) in [5, 5.41) is 8.97. The summed E-state index contributed by atoms with van der Waals surface area (Å²) >= 11 is 0. The number of fused-ring (bicyclic) bond motifs is 2. The molecule has 0 saturated heterocycles. The van der Waals surface area contributed by atoms with E-state index in [1.54, 1.807) is 6.20 Å². The number of hydrogen-bond donors (Lipinski definition) is 2. The first kappa shape index (κ1) is 19.3. The molecule has 0 saturated carbocycles. The summed E-state index contributed by atoms with van der Waals surface area (Å²) in [6.07, 6.45) is 1.75. The predicted octanol–water partition coefficient (Wildman–Crippen LogP) is 4.27. The van der Waals surface area contributed by atoms with Crippen molar-refractivity contribution in [2.45, 2.75) is 6.54 Å². The molecule has 2 amide bonds. The van der Waals surface area contributed by atoms with Crippen molar-refractivity contribution in [1.82, 2.24) is 15.6 Å². The van der Waals surface area contributed by atoms with Gasteiger partial charge in [0, 0.05) is 24.2 Å². The van der Waals surface area contributed by atoms with Crippen LogP contribution in [-0.4, -0.2) is 24.2 Å². The Morgan fingerprint density at radius 3 is 2.73 bits per heavy atom. The summed E-state index contributed by atoms with van der Waals surface area (Å²) in [6, 6.07) is 23.6. The lowest BCUT2D eigenvalue weighted by atomic mass is 10.0. The van der Waals surface area contributed by atoms with E-state index in [9.17, 15) is 4.79 Å². The lowest BCUT2D eigenvalue weighted by Crippen LogP contribution is -2.35.